The maximum absolute atomic E-state index is 12.9. The number of fused-ring (bicyclic) bond motifs is 2. The largest absolute Gasteiger partial charge is 0.382 e. The highest BCUT2D eigenvalue weighted by atomic mass is 16.6. The number of oxime groups is 1. The molecular formula is C19H27N5O3. The molecule has 1 N–H and O–H groups in total. The van der Waals surface area contributed by atoms with Gasteiger partial charge in [0.2, 0.25) is 12.0 Å². The Hall–Kier alpha value is -2.38. The van der Waals surface area contributed by atoms with E-state index in [9.17, 15) is 9.59 Å². The standard InChI is InChI=1S/C19H27N5O3/c1-12(2)15-10-16(27-22-15)18(26)23-8-5-19(6-9-23)17-14(20-11-21-17)4-7-24(19)13(3)25/h11-12,16H,4-10H2,1-3H3,(H,20,21)/t16-/m1/s1. The second-order valence-electron chi connectivity index (χ2n) is 8.04. The van der Waals surface area contributed by atoms with E-state index < -0.39 is 11.6 Å². The summed E-state index contributed by atoms with van der Waals surface area (Å²) in [6.45, 7) is 7.60. The second kappa shape index (κ2) is 6.65. The number of aromatic amines is 1. The van der Waals surface area contributed by atoms with Crippen LogP contribution in [-0.4, -0.2) is 63.0 Å². The molecule has 0 saturated carbocycles. The fraction of sp³-hybridized carbons (Fsp3) is 0.684. The number of imidazole rings is 1. The molecule has 27 heavy (non-hydrogen) atoms. The number of hydrogen-bond acceptors (Lipinski definition) is 5. The van der Waals surface area contributed by atoms with Crippen LogP contribution in [0.3, 0.4) is 0 Å². The summed E-state index contributed by atoms with van der Waals surface area (Å²) < 4.78 is 0. The highest BCUT2D eigenvalue weighted by Crippen LogP contribution is 2.42. The Morgan fingerprint density at radius 3 is 2.67 bits per heavy atom. The molecule has 1 spiro atoms. The van der Waals surface area contributed by atoms with Crippen LogP contribution in [-0.2, 0) is 26.4 Å². The summed E-state index contributed by atoms with van der Waals surface area (Å²) in [6, 6.07) is 0. The molecule has 0 aromatic carbocycles. The Morgan fingerprint density at radius 2 is 2.04 bits per heavy atom. The molecule has 1 fully saturated rings. The van der Waals surface area contributed by atoms with Crippen molar-refractivity contribution in [2.75, 3.05) is 19.6 Å². The number of carbonyl (C=O) groups is 2. The fourth-order valence-electron chi connectivity index (χ4n) is 4.61. The van der Waals surface area contributed by atoms with E-state index in [4.69, 9.17) is 4.84 Å². The van der Waals surface area contributed by atoms with Gasteiger partial charge < -0.3 is 19.6 Å². The Bertz CT molecular complexity index is 776. The topological polar surface area (TPSA) is 90.9 Å². The third-order valence-corrected chi connectivity index (χ3v) is 6.18. The number of H-pyrrole nitrogens is 1. The van der Waals surface area contributed by atoms with Gasteiger partial charge in [0.1, 0.15) is 0 Å². The van der Waals surface area contributed by atoms with Gasteiger partial charge in [-0.15, -0.1) is 0 Å². The Morgan fingerprint density at radius 1 is 1.30 bits per heavy atom. The lowest BCUT2D eigenvalue weighted by atomic mass is 9.78. The van der Waals surface area contributed by atoms with Gasteiger partial charge in [-0.05, 0) is 18.8 Å². The zero-order chi connectivity index (χ0) is 19.2. The number of aromatic nitrogens is 2. The maximum atomic E-state index is 12.9. The SMILES string of the molecule is CC(=O)N1CCc2[nH]cnc2C12CCN(C(=O)[C@H]1CC(C(C)C)=NO1)CC2. The molecule has 3 aliphatic rings. The van der Waals surface area contributed by atoms with Crippen molar-refractivity contribution in [3.05, 3.63) is 17.7 Å². The van der Waals surface area contributed by atoms with Gasteiger partial charge in [0.15, 0.2) is 0 Å². The van der Waals surface area contributed by atoms with E-state index >= 15 is 0 Å². The lowest BCUT2D eigenvalue weighted by molar-refractivity contribution is -0.148. The van der Waals surface area contributed by atoms with Gasteiger partial charge in [0.05, 0.1) is 23.3 Å². The molecule has 8 heteroatoms. The van der Waals surface area contributed by atoms with Crippen LogP contribution in [0.4, 0.5) is 0 Å². The molecule has 4 heterocycles. The lowest BCUT2D eigenvalue weighted by Gasteiger charge is -2.50. The van der Waals surface area contributed by atoms with Crippen LogP contribution in [0.15, 0.2) is 11.5 Å². The number of rotatable bonds is 2. The summed E-state index contributed by atoms with van der Waals surface area (Å²) in [5.74, 6) is 0.353. The summed E-state index contributed by atoms with van der Waals surface area (Å²) in [5, 5.41) is 4.08. The van der Waals surface area contributed by atoms with Gasteiger partial charge in [0, 0.05) is 45.1 Å². The average Bonchev–Trinajstić information content (AvgIpc) is 3.32. The predicted molar refractivity (Wildman–Crippen MR) is 98.9 cm³/mol. The van der Waals surface area contributed by atoms with Crippen molar-refractivity contribution >= 4 is 17.5 Å². The number of amides is 2. The van der Waals surface area contributed by atoms with E-state index in [1.807, 2.05) is 9.80 Å². The molecule has 146 valence electrons. The van der Waals surface area contributed by atoms with Crippen LogP contribution < -0.4 is 0 Å². The van der Waals surface area contributed by atoms with Gasteiger partial charge in [-0.1, -0.05) is 19.0 Å². The van der Waals surface area contributed by atoms with Gasteiger partial charge in [0.25, 0.3) is 5.91 Å². The first kappa shape index (κ1) is 18.0. The van der Waals surface area contributed by atoms with Gasteiger partial charge in [-0.2, -0.15) is 0 Å². The summed E-state index contributed by atoms with van der Waals surface area (Å²) >= 11 is 0. The van der Waals surface area contributed by atoms with Crippen LogP contribution in [0.1, 0.15) is 51.4 Å². The number of hydrogen-bond donors (Lipinski definition) is 1. The molecule has 1 saturated heterocycles. The first-order valence-electron chi connectivity index (χ1n) is 9.74. The number of piperidine rings is 1. The van der Waals surface area contributed by atoms with E-state index in [0.717, 1.165) is 23.5 Å². The third-order valence-electron chi connectivity index (χ3n) is 6.18. The molecule has 1 aromatic heterocycles. The minimum absolute atomic E-state index is 0.00307. The van der Waals surface area contributed by atoms with Gasteiger partial charge >= 0.3 is 0 Å². The van der Waals surface area contributed by atoms with Crippen LogP contribution in [0.5, 0.6) is 0 Å². The quantitative estimate of drug-likeness (QED) is 0.849. The molecule has 0 aliphatic carbocycles. The molecule has 1 atom stereocenters. The smallest absolute Gasteiger partial charge is 0.266 e. The highest BCUT2D eigenvalue weighted by Gasteiger charge is 2.49. The first-order valence-corrected chi connectivity index (χ1v) is 9.74. The van der Waals surface area contributed by atoms with Crippen molar-refractivity contribution in [1.29, 1.82) is 0 Å². The number of likely N-dealkylation sites (tertiary alicyclic amines) is 1. The highest BCUT2D eigenvalue weighted by molar-refractivity contribution is 5.93. The summed E-state index contributed by atoms with van der Waals surface area (Å²) in [4.78, 5) is 42.1. The molecule has 4 rings (SSSR count). The minimum atomic E-state index is -0.507. The number of carbonyl (C=O) groups excluding carboxylic acids is 2. The molecule has 0 bridgehead atoms. The van der Waals surface area contributed by atoms with Crippen molar-refractivity contribution in [2.24, 2.45) is 11.1 Å². The normalized spacial score (nSPS) is 24.0. The van der Waals surface area contributed by atoms with Crippen LogP contribution in [0.2, 0.25) is 0 Å². The number of nitrogens with one attached hydrogen (secondary N) is 1. The molecule has 2 amide bonds. The molecule has 1 aromatic rings. The molecule has 0 radical (unpaired) electrons. The second-order valence-corrected chi connectivity index (χ2v) is 8.04. The summed E-state index contributed by atoms with van der Waals surface area (Å²) in [7, 11) is 0. The van der Waals surface area contributed by atoms with Crippen molar-refractivity contribution in [2.45, 2.75) is 58.1 Å². The van der Waals surface area contributed by atoms with E-state index in [2.05, 4.69) is 29.0 Å². The number of nitrogens with zero attached hydrogens (tertiary/aromatic N) is 4. The van der Waals surface area contributed by atoms with Crippen molar-refractivity contribution in [3.8, 4) is 0 Å². The third kappa shape index (κ3) is 2.91. The maximum Gasteiger partial charge on any atom is 0.266 e. The zero-order valence-electron chi connectivity index (χ0n) is 16.2. The van der Waals surface area contributed by atoms with Crippen LogP contribution in [0, 0.1) is 5.92 Å². The fourth-order valence-corrected chi connectivity index (χ4v) is 4.61. The predicted octanol–water partition coefficient (Wildman–Crippen LogP) is 1.43. The van der Waals surface area contributed by atoms with Crippen LogP contribution >= 0.6 is 0 Å². The summed E-state index contributed by atoms with van der Waals surface area (Å²) in [5.41, 5.74) is 2.62. The van der Waals surface area contributed by atoms with Crippen molar-refractivity contribution in [1.82, 2.24) is 19.8 Å². The Labute approximate surface area is 158 Å². The van der Waals surface area contributed by atoms with E-state index in [1.54, 1.807) is 13.3 Å². The van der Waals surface area contributed by atoms with Gasteiger partial charge in [-0.25, -0.2) is 4.98 Å². The molecular weight excluding hydrogens is 346 g/mol. The van der Waals surface area contributed by atoms with Crippen molar-refractivity contribution < 1.29 is 14.4 Å². The van der Waals surface area contributed by atoms with Crippen molar-refractivity contribution in [3.63, 3.8) is 0 Å². The molecule has 0 unspecified atom stereocenters. The van der Waals surface area contributed by atoms with Gasteiger partial charge in [-0.3, -0.25) is 9.59 Å². The van der Waals surface area contributed by atoms with Crippen LogP contribution in [0.25, 0.3) is 0 Å². The Kier molecular flexibility index (Phi) is 4.44. The van der Waals surface area contributed by atoms with E-state index in [-0.39, 0.29) is 17.7 Å². The molecule has 3 aliphatic heterocycles. The first-order chi connectivity index (χ1) is 12.9. The minimum Gasteiger partial charge on any atom is -0.382 e. The zero-order valence-corrected chi connectivity index (χ0v) is 16.2. The molecule has 8 nitrogen and oxygen atoms in total. The van der Waals surface area contributed by atoms with E-state index in [0.29, 0.717) is 38.9 Å². The average molecular weight is 373 g/mol. The summed E-state index contributed by atoms with van der Waals surface area (Å²) in [6.07, 6.45) is 3.96. The van der Waals surface area contributed by atoms with E-state index in [1.165, 1.54) is 0 Å². The monoisotopic (exact) mass is 373 g/mol. The Balaban J connectivity index is 1.48. The lowest BCUT2D eigenvalue weighted by Crippen LogP contribution is -2.59.